The summed E-state index contributed by atoms with van der Waals surface area (Å²) in [6.45, 7) is 9.60. The van der Waals surface area contributed by atoms with Crippen molar-refractivity contribution in [2.45, 2.75) is 66.6 Å². The molecule has 0 spiro atoms. The molecule has 0 radical (unpaired) electrons. The molecule has 0 aromatic rings. The van der Waals surface area contributed by atoms with Crippen molar-refractivity contribution in [3.05, 3.63) is 12.2 Å². The lowest BCUT2D eigenvalue weighted by atomic mass is 9.97. The maximum Gasteiger partial charge on any atom is 0.311 e. The van der Waals surface area contributed by atoms with Crippen LogP contribution < -0.4 is 0 Å². The zero-order chi connectivity index (χ0) is 20.8. The van der Waals surface area contributed by atoms with E-state index in [0.717, 1.165) is 0 Å². The van der Waals surface area contributed by atoms with Gasteiger partial charge < -0.3 is 14.2 Å². The molecule has 0 N–H and O–H groups in total. The van der Waals surface area contributed by atoms with E-state index in [9.17, 15) is 19.2 Å². The predicted molar refractivity (Wildman–Crippen MR) is 97.9 cm³/mol. The fourth-order valence-electron chi connectivity index (χ4n) is 2.01. The van der Waals surface area contributed by atoms with Crippen LogP contribution in [0.3, 0.4) is 0 Å². The third-order valence-corrected chi connectivity index (χ3v) is 3.81. The zero-order valence-corrected chi connectivity index (χ0v) is 17.0. The van der Waals surface area contributed by atoms with Crippen LogP contribution in [0, 0.1) is 10.8 Å². The van der Waals surface area contributed by atoms with E-state index >= 15 is 0 Å². The van der Waals surface area contributed by atoms with Gasteiger partial charge >= 0.3 is 11.9 Å². The topological polar surface area (TPSA) is 96.0 Å². The van der Waals surface area contributed by atoms with Gasteiger partial charge in [-0.3, -0.25) is 19.2 Å². The van der Waals surface area contributed by atoms with Crippen LogP contribution in [0.1, 0.15) is 54.4 Å². The molecule has 0 fully saturated rings. The second-order valence-corrected chi connectivity index (χ2v) is 8.62. The highest BCUT2D eigenvalue weighted by molar-refractivity contribution is 5.89. The normalized spacial score (nSPS) is 23.0. The lowest BCUT2D eigenvalue weighted by Gasteiger charge is -2.25. The van der Waals surface area contributed by atoms with Gasteiger partial charge in [0, 0.05) is 12.8 Å². The fourth-order valence-corrected chi connectivity index (χ4v) is 2.01. The molecule has 1 aliphatic heterocycles. The number of rotatable bonds is 4. The van der Waals surface area contributed by atoms with Gasteiger partial charge in [0.25, 0.3) is 0 Å². The van der Waals surface area contributed by atoms with Gasteiger partial charge in [-0.25, -0.2) is 0 Å². The summed E-state index contributed by atoms with van der Waals surface area (Å²) in [5.74, 6) is -1.57. The van der Waals surface area contributed by atoms with E-state index in [4.69, 9.17) is 14.2 Å². The minimum absolute atomic E-state index is 0.0690. The van der Waals surface area contributed by atoms with E-state index in [1.165, 1.54) is 0 Å². The van der Waals surface area contributed by atoms with Crippen LogP contribution in [0.25, 0.3) is 0 Å². The summed E-state index contributed by atoms with van der Waals surface area (Å²) in [6.07, 6.45) is 1.12. The number of Topliss-reactive ketones (excluding diaryl/α,β-unsaturated/α-hetero) is 2. The molecule has 2 atom stereocenters. The second kappa shape index (κ2) is 9.26. The van der Waals surface area contributed by atoms with Crippen LogP contribution in [0.2, 0.25) is 0 Å². The summed E-state index contributed by atoms with van der Waals surface area (Å²) < 4.78 is 16.0. The van der Waals surface area contributed by atoms with E-state index in [1.54, 1.807) is 53.7 Å². The molecule has 0 amide bonds. The minimum Gasteiger partial charge on any atom is -0.462 e. The number of ketones is 2. The number of ether oxygens (including phenoxy) is 3. The number of esters is 2. The van der Waals surface area contributed by atoms with Crippen molar-refractivity contribution in [2.75, 3.05) is 13.2 Å². The average Bonchev–Trinajstić information content (AvgIpc) is 2.60. The molecule has 0 bridgehead atoms. The summed E-state index contributed by atoms with van der Waals surface area (Å²) in [5, 5.41) is 0. The van der Waals surface area contributed by atoms with Gasteiger partial charge in [-0.05, 0) is 41.5 Å². The number of allylic oxidation sites excluding steroid dienone is 2. The lowest BCUT2D eigenvalue weighted by Crippen LogP contribution is -2.41. The highest BCUT2D eigenvalue weighted by Crippen LogP contribution is 2.19. The first-order chi connectivity index (χ1) is 12.3. The number of carbonyl (C=O) groups is 4. The molecule has 7 nitrogen and oxygen atoms in total. The Labute approximate surface area is 160 Å². The second-order valence-electron chi connectivity index (χ2n) is 8.62. The summed E-state index contributed by atoms with van der Waals surface area (Å²) in [7, 11) is 0. The number of carbonyl (C=O) groups excluding carboxylic acids is 4. The Morgan fingerprint density at radius 3 is 1.48 bits per heavy atom. The Bertz CT molecular complexity index is 553. The summed E-state index contributed by atoms with van der Waals surface area (Å²) in [5.41, 5.74) is -1.45. The molecule has 1 rings (SSSR count). The van der Waals surface area contributed by atoms with E-state index in [0.29, 0.717) is 0 Å². The third-order valence-electron chi connectivity index (χ3n) is 3.81. The van der Waals surface area contributed by atoms with Crippen molar-refractivity contribution in [1.82, 2.24) is 0 Å². The first kappa shape index (κ1) is 23.0. The van der Waals surface area contributed by atoms with Crippen molar-refractivity contribution in [1.29, 1.82) is 0 Å². The van der Waals surface area contributed by atoms with Crippen molar-refractivity contribution in [3.8, 4) is 0 Å². The maximum atomic E-state index is 12.3. The van der Waals surface area contributed by atoms with Gasteiger partial charge in [-0.15, -0.1) is 0 Å². The van der Waals surface area contributed by atoms with Crippen LogP contribution in [0.4, 0.5) is 0 Å². The van der Waals surface area contributed by atoms with Crippen LogP contribution >= 0.6 is 0 Å². The Hall–Kier alpha value is -2.02. The summed E-state index contributed by atoms with van der Waals surface area (Å²) >= 11 is 0. The molecule has 0 saturated carbocycles. The Morgan fingerprint density at radius 1 is 0.852 bits per heavy atom. The Morgan fingerprint density at radius 2 is 1.19 bits per heavy atom. The largest absolute Gasteiger partial charge is 0.462 e. The van der Waals surface area contributed by atoms with Crippen molar-refractivity contribution in [3.63, 3.8) is 0 Å². The van der Waals surface area contributed by atoms with Crippen LogP contribution in [-0.4, -0.2) is 48.9 Å². The highest BCUT2D eigenvalue weighted by atomic mass is 16.6. The summed E-state index contributed by atoms with van der Waals surface area (Å²) in [6, 6.07) is 0. The fraction of sp³-hybridized carbons (Fsp3) is 0.700. The van der Waals surface area contributed by atoms with Crippen LogP contribution in [0.5, 0.6) is 0 Å². The van der Waals surface area contributed by atoms with E-state index in [2.05, 4.69) is 0 Å². The number of hydrogen-bond donors (Lipinski definition) is 0. The standard InChI is InChI=1S/C20H30O7/c1-19(2,3)17(23)25-11-15-13(21)9-7-8-10-14(22)16(27-15)12-26-18(24)20(4,5)6/h7-8,15-16H,9-12H2,1-6H3/b8-7-/t15-,16+. The molecular formula is C20H30O7. The van der Waals surface area contributed by atoms with Crippen LogP contribution in [-0.2, 0) is 33.4 Å². The first-order valence-electron chi connectivity index (χ1n) is 9.02. The molecule has 0 aromatic carbocycles. The average molecular weight is 382 g/mol. The van der Waals surface area contributed by atoms with Gasteiger partial charge in [-0.2, -0.15) is 0 Å². The Kier molecular flexibility index (Phi) is 7.90. The molecule has 0 aliphatic carbocycles. The van der Waals surface area contributed by atoms with Gasteiger partial charge in [0.15, 0.2) is 23.8 Å². The molecule has 27 heavy (non-hydrogen) atoms. The van der Waals surface area contributed by atoms with Crippen molar-refractivity contribution in [2.24, 2.45) is 10.8 Å². The maximum absolute atomic E-state index is 12.3. The molecule has 0 saturated heterocycles. The monoisotopic (exact) mass is 382 g/mol. The molecule has 1 aliphatic rings. The molecule has 152 valence electrons. The van der Waals surface area contributed by atoms with Crippen LogP contribution in [0.15, 0.2) is 12.2 Å². The first-order valence-corrected chi connectivity index (χ1v) is 9.02. The molecule has 0 aromatic heterocycles. The SMILES string of the molecule is CC(C)(C)C(=O)OC[C@@H]1O[C@H](COC(=O)C(C)(C)C)C(=O)C/C=C\CC1=O. The van der Waals surface area contributed by atoms with Gasteiger partial charge in [0.2, 0.25) is 0 Å². The predicted octanol–water partition coefficient (Wildman–Crippen LogP) is 2.41. The lowest BCUT2D eigenvalue weighted by molar-refractivity contribution is -0.168. The highest BCUT2D eigenvalue weighted by Gasteiger charge is 2.32. The number of hydrogen-bond acceptors (Lipinski definition) is 7. The molecule has 7 heteroatoms. The smallest absolute Gasteiger partial charge is 0.311 e. The van der Waals surface area contributed by atoms with E-state index in [1.807, 2.05) is 0 Å². The van der Waals surface area contributed by atoms with Crippen molar-refractivity contribution < 1.29 is 33.4 Å². The van der Waals surface area contributed by atoms with E-state index < -0.39 is 35.0 Å². The molecular weight excluding hydrogens is 352 g/mol. The molecule has 0 unspecified atom stereocenters. The Balaban J connectivity index is 2.86. The van der Waals surface area contributed by atoms with Gasteiger partial charge in [0.1, 0.15) is 13.2 Å². The quantitative estimate of drug-likeness (QED) is 0.544. The third kappa shape index (κ3) is 7.62. The van der Waals surface area contributed by atoms with Gasteiger partial charge in [-0.1, -0.05) is 12.2 Å². The van der Waals surface area contributed by atoms with Gasteiger partial charge in [0.05, 0.1) is 10.8 Å². The van der Waals surface area contributed by atoms with E-state index in [-0.39, 0.29) is 37.6 Å². The minimum atomic E-state index is -1.10. The van der Waals surface area contributed by atoms with Crippen molar-refractivity contribution >= 4 is 23.5 Å². The molecule has 1 heterocycles. The zero-order valence-electron chi connectivity index (χ0n) is 17.0. The summed E-state index contributed by atoms with van der Waals surface area (Å²) in [4.78, 5) is 48.6.